The van der Waals surface area contributed by atoms with Gasteiger partial charge in [0.15, 0.2) is 11.4 Å². The second kappa shape index (κ2) is 3.74. The van der Waals surface area contributed by atoms with Crippen LogP contribution in [0.1, 0.15) is 0 Å². The number of benzene rings is 1. The van der Waals surface area contributed by atoms with E-state index in [1.807, 2.05) is 0 Å². The van der Waals surface area contributed by atoms with E-state index < -0.39 is 5.97 Å². The van der Waals surface area contributed by atoms with E-state index in [1.54, 1.807) is 6.07 Å². The Morgan fingerprint density at radius 3 is 2.88 bits per heavy atom. The lowest BCUT2D eigenvalue weighted by molar-refractivity contribution is -0.131. The molecular weight excluding hydrogens is 214 g/mol. The summed E-state index contributed by atoms with van der Waals surface area (Å²) in [7, 11) is 1.47. The molecule has 0 saturated carbocycles. The molecule has 0 aliphatic carbocycles. The van der Waals surface area contributed by atoms with Crippen molar-refractivity contribution in [2.75, 3.05) is 12.2 Å². The minimum absolute atomic E-state index is 0.164. The number of ether oxygens (including phenoxy) is 2. The SMILES string of the molecule is COc1ccc2c(c1)OC(=O)C(=CO)N2O. The van der Waals surface area contributed by atoms with E-state index in [4.69, 9.17) is 14.6 Å². The fourth-order valence-corrected chi connectivity index (χ4v) is 1.35. The van der Waals surface area contributed by atoms with Gasteiger partial charge in [0.25, 0.3) is 0 Å². The average Bonchev–Trinajstić information content (AvgIpc) is 2.28. The van der Waals surface area contributed by atoms with Crippen molar-refractivity contribution in [3.8, 4) is 11.5 Å². The van der Waals surface area contributed by atoms with E-state index >= 15 is 0 Å². The zero-order valence-corrected chi connectivity index (χ0v) is 8.38. The van der Waals surface area contributed by atoms with Gasteiger partial charge in [-0.05, 0) is 12.1 Å². The highest BCUT2D eigenvalue weighted by molar-refractivity contribution is 5.97. The maximum atomic E-state index is 11.3. The molecule has 0 spiro atoms. The second-order valence-electron chi connectivity index (χ2n) is 3.05. The normalized spacial score (nSPS) is 17.0. The summed E-state index contributed by atoms with van der Waals surface area (Å²) < 4.78 is 9.85. The van der Waals surface area contributed by atoms with Crippen LogP contribution in [0.25, 0.3) is 0 Å². The Hall–Kier alpha value is -2.21. The summed E-state index contributed by atoms with van der Waals surface area (Å²) in [6.07, 6.45) is 0.482. The van der Waals surface area contributed by atoms with Crippen LogP contribution in [0.4, 0.5) is 5.69 Å². The number of methoxy groups -OCH3 is 1. The molecule has 1 aliphatic rings. The van der Waals surface area contributed by atoms with E-state index in [9.17, 15) is 10.0 Å². The lowest BCUT2D eigenvalue weighted by Gasteiger charge is -2.25. The maximum absolute atomic E-state index is 11.3. The van der Waals surface area contributed by atoms with Crippen molar-refractivity contribution in [1.29, 1.82) is 0 Å². The number of anilines is 1. The summed E-state index contributed by atoms with van der Waals surface area (Å²) in [6.45, 7) is 0. The van der Waals surface area contributed by atoms with Crippen LogP contribution in [0.3, 0.4) is 0 Å². The molecule has 0 amide bonds. The quantitative estimate of drug-likeness (QED) is 0.322. The number of esters is 1. The molecule has 0 atom stereocenters. The van der Waals surface area contributed by atoms with Crippen LogP contribution in [0.5, 0.6) is 11.5 Å². The summed E-state index contributed by atoms with van der Waals surface area (Å²) in [6, 6.07) is 4.56. The minimum Gasteiger partial charge on any atom is -0.513 e. The predicted octanol–water partition coefficient (Wildman–Crippen LogP) is 1.21. The fourth-order valence-electron chi connectivity index (χ4n) is 1.35. The molecule has 6 heteroatoms. The number of aliphatic hydroxyl groups is 1. The Morgan fingerprint density at radius 1 is 1.50 bits per heavy atom. The molecule has 2 rings (SSSR count). The van der Waals surface area contributed by atoms with Gasteiger partial charge in [0.1, 0.15) is 17.7 Å². The number of hydrogen-bond donors (Lipinski definition) is 2. The highest BCUT2D eigenvalue weighted by Gasteiger charge is 2.29. The largest absolute Gasteiger partial charge is 0.513 e. The highest BCUT2D eigenvalue weighted by atomic mass is 16.6. The van der Waals surface area contributed by atoms with Crippen molar-refractivity contribution in [3.63, 3.8) is 0 Å². The maximum Gasteiger partial charge on any atom is 0.366 e. The second-order valence-corrected chi connectivity index (χ2v) is 3.05. The van der Waals surface area contributed by atoms with E-state index in [0.29, 0.717) is 17.1 Å². The molecular formula is C10H9NO5. The highest BCUT2D eigenvalue weighted by Crippen LogP contribution is 2.37. The van der Waals surface area contributed by atoms with Gasteiger partial charge in [-0.1, -0.05) is 0 Å². The van der Waals surface area contributed by atoms with E-state index in [-0.39, 0.29) is 17.1 Å². The summed E-state index contributed by atoms with van der Waals surface area (Å²) in [5, 5.41) is 18.9. The monoisotopic (exact) mass is 223 g/mol. The lowest BCUT2D eigenvalue weighted by atomic mass is 10.2. The number of carbonyl (C=O) groups is 1. The molecule has 0 bridgehead atoms. The molecule has 0 radical (unpaired) electrons. The first-order chi connectivity index (χ1) is 7.67. The van der Waals surface area contributed by atoms with Crippen LogP contribution in [0.15, 0.2) is 30.2 Å². The van der Waals surface area contributed by atoms with Crippen molar-refractivity contribution < 1.29 is 24.6 Å². The molecule has 0 fully saturated rings. The molecule has 1 aromatic carbocycles. The van der Waals surface area contributed by atoms with Gasteiger partial charge in [-0.3, -0.25) is 5.21 Å². The molecule has 16 heavy (non-hydrogen) atoms. The van der Waals surface area contributed by atoms with Gasteiger partial charge in [-0.2, -0.15) is 0 Å². The summed E-state index contributed by atoms with van der Waals surface area (Å²) >= 11 is 0. The first kappa shape index (κ1) is 10.3. The topological polar surface area (TPSA) is 79.2 Å². The molecule has 6 nitrogen and oxygen atoms in total. The first-order valence-corrected chi connectivity index (χ1v) is 4.41. The summed E-state index contributed by atoms with van der Waals surface area (Å²) in [4.78, 5) is 11.3. The smallest absolute Gasteiger partial charge is 0.366 e. The Labute approximate surface area is 90.9 Å². The van der Waals surface area contributed by atoms with Gasteiger partial charge in [-0.15, -0.1) is 0 Å². The molecule has 0 unspecified atom stereocenters. The number of hydrogen-bond acceptors (Lipinski definition) is 6. The summed E-state index contributed by atoms with van der Waals surface area (Å²) in [5.74, 6) is -0.181. The van der Waals surface area contributed by atoms with Crippen LogP contribution in [0, 0.1) is 0 Å². The molecule has 1 aliphatic heterocycles. The van der Waals surface area contributed by atoms with Crippen molar-refractivity contribution >= 4 is 11.7 Å². The third kappa shape index (κ3) is 1.45. The van der Waals surface area contributed by atoms with Crippen LogP contribution in [-0.2, 0) is 4.79 Å². The number of carbonyl (C=O) groups excluding carboxylic acids is 1. The number of hydroxylamine groups is 1. The Balaban J connectivity index is 2.50. The molecule has 0 aromatic heterocycles. The standard InChI is InChI=1S/C10H9NO5/c1-15-6-2-3-7-9(4-6)16-10(13)8(5-12)11(7)14/h2-5,12,14H,1H3. The van der Waals surface area contributed by atoms with Gasteiger partial charge in [0.05, 0.1) is 7.11 Å². The zero-order valence-electron chi connectivity index (χ0n) is 8.38. The van der Waals surface area contributed by atoms with Crippen LogP contribution in [0.2, 0.25) is 0 Å². The minimum atomic E-state index is -0.842. The Morgan fingerprint density at radius 2 is 2.25 bits per heavy atom. The van der Waals surface area contributed by atoms with Gasteiger partial charge >= 0.3 is 5.97 Å². The molecule has 2 N–H and O–H groups in total. The average molecular weight is 223 g/mol. The number of nitrogens with zero attached hydrogens (tertiary/aromatic N) is 1. The van der Waals surface area contributed by atoms with Gasteiger partial charge in [0, 0.05) is 6.07 Å². The van der Waals surface area contributed by atoms with Crippen molar-refractivity contribution in [2.45, 2.75) is 0 Å². The van der Waals surface area contributed by atoms with Crippen molar-refractivity contribution in [2.24, 2.45) is 0 Å². The molecule has 0 saturated heterocycles. The fraction of sp³-hybridized carbons (Fsp3) is 0.100. The molecule has 84 valence electrons. The van der Waals surface area contributed by atoms with E-state index in [1.165, 1.54) is 19.2 Å². The zero-order chi connectivity index (χ0) is 11.7. The van der Waals surface area contributed by atoms with Crippen molar-refractivity contribution in [3.05, 3.63) is 30.2 Å². The summed E-state index contributed by atoms with van der Waals surface area (Å²) in [5.41, 5.74) is -0.0987. The number of aliphatic hydroxyl groups excluding tert-OH is 1. The van der Waals surface area contributed by atoms with E-state index in [2.05, 4.69) is 0 Å². The van der Waals surface area contributed by atoms with Gasteiger partial charge in [-0.25, -0.2) is 9.86 Å². The number of rotatable bonds is 1. The van der Waals surface area contributed by atoms with Crippen LogP contribution in [-0.4, -0.2) is 23.4 Å². The van der Waals surface area contributed by atoms with Crippen LogP contribution >= 0.6 is 0 Å². The van der Waals surface area contributed by atoms with Crippen LogP contribution < -0.4 is 14.5 Å². The molecule has 1 heterocycles. The Kier molecular flexibility index (Phi) is 2.41. The Bertz CT molecular complexity index is 468. The molecule has 1 aromatic rings. The predicted molar refractivity (Wildman–Crippen MR) is 53.6 cm³/mol. The van der Waals surface area contributed by atoms with Gasteiger partial charge < -0.3 is 14.6 Å². The number of fused-ring (bicyclic) bond motifs is 1. The van der Waals surface area contributed by atoms with Gasteiger partial charge in [0.2, 0.25) is 0 Å². The lowest BCUT2D eigenvalue weighted by Crippen LogP contribution is -2.32. The van der Waals surface area contributed by atoms with E-state index in [0.717, 1.165) is 0 Å². The third-order valence-electron chi connectivity index (χ3n) is 2.16. The van der Waals surface area contributed by atoms with Crippen molar-refractivity contribution in [1.82, 2.24) is 0 Å². The first-order valence-electron chi connectivity index (χ1n) is 4.41. The third-order valence-corrected chi connectivity index (χ3v) is 2.16.